The number of nitrogens with zero attached hydrogens (tertiary/aromatic N) is 2. The van der Waals surface area contributed by atoms with Crippen LogP contribution in [0.2, 0.25) is 0 Å². The van der Waals surface area contributed by atoms with Crippen LogP contribution in [0.25, 0.3) is 6.08 Å². The number of anilines is 1. The van der Waals surface area contributed by atoms with Gasteiger partial charge in [0.1, 0.15) is 11.1 Å². The van der Waals surface area contributed by atoms with Gasteiger partial charge in [-0.2, -0.15) is 5.26 Å². The first-order valence-electron chi connectivity index (χ1n) is 11.2. The van der Waals surface area contributed by atoms with Crippen molar-refractivity contribution in [3.05, 3.63) is 75.7 Å². The average molecular weight is 526 g/mol. The minimum Gasteiger partial charge on any atom is -0.493 e. The van der Waals surface area contributed by atoms with Crippen LogP contribution in [0.3, 0.4) is 0 Å². The molecule has 36 heavy (non-hydrogen) atoms. The maximum atomic E-state index is 12.7. The topological polar surface area (TPSA) is 83.8 Å². The highest BCUT2D eigenvalue weighted by atomic mass is 35.5. The lowest BCUT2D eigenvalue weighted by Crippen LogP contribution is -2.29. The van der Waals surface area contributed by atoms with Crippen molar-refractivity contribution in [2.24, 2.45) is 0 Å². The van der Waals surface area contributed by atoms with Crippen LogP contribution in [-0.2, 0) is 24.3 Å². The molecule has 0 bridgehead atoms. The molecule has 7 nitrogen and oxygen atoms in total. The van der Waals surface area contributed by atoms with Crippen molar-refractivity contribution < 1.29 is 19.0 Å². The first-order valence-corrected chi connectivity index (χ1v) is 12.0. The third kappa shape index (κ3) is 6.00. The number of hydrogen-bond donors (Lipinski definition) is 1. The van der Waals surface area contributed by atoms with Crippen molar-refractivity contribution in [3.63, 3.8) is 0 Å². The number of amides is 1. The molecule has 1 aliphatic rings. The average Bonchev–Trinajstić information content (AvgIpc) is 3.23. The van der Waals surface area contributed by atoms with Crippen molar-refractivity contribution in [2.45, 2.75) is 19.5 Å². The molecule has 1 N–H and O–H groups in total. The summed E-state index contributed by atoms with van der Waals surface area (Å²) in [5.41, 5.74) is 3.60. The number of ether oxygens (including phenoxy) is 3. The normalized spacial score (nSPS) is 12.8. The lowest BCUT2D eigenvalue weighted by molar-refractivity contribution is -0.111. The fourth-order valence-electron chi connectivity index (χ4n) is 4.16. The Morgan fingerprint density at radius 3 is 2.44 bits per heavy atom. The maximum Gasteiger partial charge on any atom is 0.249 e. The van der Waals surface area contributed by atoms with Crippen LogP contribution in [0, 0.1) is 11.3 Å². The Hall–Kier alpha value is -3.51. The molecule has 1 aromatic heterocycles. The van der Waals surface area contributed by atoms with Crippen LogP contribution in [0.4, 0.5) is 5.00 Å². The molecule has 0 unspecified atom stereocenters. The lowest BCUT2D eigenvalue weighted by Gasteiger charge is -2.26. The maximum absolute atomic E-state index is 12.7. The molecular formula is C27H28ClN3O4S. The molecule has 0 saturated carbocycles. The monoisotopic (exact) mass is 525 g/mol. The molecule has 3 aromatic rings. The summed E-state index contributed by atoms with van der Waals surface area (Å²) in [6.45, 7) is 2.50. The van der Waals surface area contributed by atoms with Crippen LogP contribution in [0.1, 0.15) is 27.1 Å². The molecule has 0 atom stereocenters. The predicted octanol–water partition coefficient (Wildman–Crippen LogP) is 5.28. The Kier molecular flexibility index (Phi) is 9.37. The van der Waals surface area contributed by atoms with Gasteiger partial charge in [-0.3, -0.25) is 9.69 Å². The number of nitriles is 1. The summed E-state index contributed by atoms with van der Waals surface area (Å²) >= 11 is 1.48. The van der Waals surface area contributed by atoms with Crippen molar-refractivity contribution >= 4 is 40.7 Å². The number of halogens is 1. The van der Waals surface area contributed by atoms with Gasteiger partial charge in [-0.25, -0.2) is 0 Å². The van der Waals surface area contributed by atoms with E-state index in [0.29, 0.717) is 27.8 Å². The molecule has 4 rings (SSSR count). The fourth-order valence-corrected chi connectivity index (χ4v) is 5.41. The zero-order chi connectivity index (χ0) is 24.8. The van der Waals surface area contributed by atoms with Gasteiger partial charge in [0.05, 0.1) is 26.9 Å². The SMILES string of the molecule is COc1cc(/C=C/C(=O)Nc2sc3c(c2C#N)CCN(Cc2ccccc2)C3)cc(OC)c1OC.Cl. The summed E-state index contributed by atoms with van der Waals surface area (Å²) in [5, 5.41) is 13.3. The Balaban J connectivity index is 0.00000361. The highest BCUT2D eigenvalue weighted by molar-refractivity contribution is 7.16. The van der Waals surface area contributed by atoms with Gasteiger partial charge in [0.15, 0.2) is 11.5 Å². The molecule has 1 amide bonds. The number of hydrogen-bond acceptors (Lipinski definition) is 7. The Labute approximate surface area is 221 Å². The molecule has 0 radical (unpaired) electrons. The van der Waals surface area contributed by atoms with Crippen LogP contribution in [0.5, 0.6) is 17.2 Å². The first-order chi connectivity index (χ1) is 17.1. The standard InChI is InChI=1S/C27H27N3O4S.ClH/c1-32-22-13-19(14-23(33-2)26(22)34-3)9-10-25(31)29-27-21(15-28)20-11-12-30(17-24(20)35-27)16-18-7-5-4-6-8-18;/h4-10,13-14H,11-12,16-17H2,1-3H3,(H,29,31);1H/b10-9+;. The van der Waals surface area contributed by atoms with Crippen LogP contribution in [0.15, 0.2) is 48.5 Å². The van der Waals surface area contributed by atoms with Gasteiger partial charge in [-0.15, -0.1) is 23.7 Å². The van der Waals surface area contributed by atoms with E-state index in [4.69, 9.17) is 14.2 Å². The van der Waals surface area contributed by atoms with Gasteiger partial charge in [-0.1, -0.05) is 30.3 Å². The van der Waals surface area contributed by atoms with Gasteiger partial charge < -0.3 is 19.5 Å². The quantitative estimate of drug-likeness (QED) is 0.403. The van der Waals surface area contributed by atoms with Crippen LogP contribution < -0.4 is 19.5 Å². The van der Waals surface area contributed by atoms with Crippen molar-refractivity contribution in [1.82, 2.24) is 4.90 Å². The fraction of sp³-hybridized carbons (Fsp3) is 0.259. The number of nitrogens with one attached hydrogen (secondary N) is 1. The molecule has 0 spiro atoms. The van der Waals surface area contributed by atoms with Crippen LogP contribution in [-0.4, -0.2) is 38.7 Å². The van der Waals surface area contributed by atoms with Gasteiger partial charge in [0.25, 0.3) is 0 Å². The third-order valence-corrected chi connectivity index (χ3v) is 6.98. The highest BCUT2D eigenvalue weighted by Crippen LogP contribution is 2.39. The molecule has 0 fully saturated rings. The molecule has 9 heteroatoms. The van der Waals surface area contributed by atoms with E-state index < -0.39 is 0 Å². The van der Waals surface area contributed by atoms with Crippen molar-refractivity contribution in [3.8, 4) is 23.3 Å². The summed E-state index contributed by atoms with van der Waals surface area (Å²) in [4.78, 5) is 16.2. The Morgan fingerprint density at radius 1 is 1.14 bits per heavy atom. The molecule has 0 aliphatic carbocycles. The van der Waals surface area contributed by atoms with Gasteiger partial charge in [0.2, 0.25) is 11.7 Å². The third-order valence-electron chi connectivity index (χ3n) is 5.85. The lowest BCUT2D eigenvalue weighted by atomic mass is 10.0. The molecule has 2 aromatic carbocycles. The van der Waals surface area contributed by atoms with E-state index in [0.717, 1.165) is 42.1 Å². The largest absolute Gasteiger partial charge is 0.493 e. The zero-order valence-electron chi connectivity index (χ0n) is 20.4. The number of methoxy groups -OCH3 is 3. The number of fused-ring (bicyclic) bond motifs is 1. The van der Waals surface area contributed by atoms with E-state index in [9.17, 15) is 10.1 Å². The van der Waals surface area contributed by atoms with Crippen LogP contribution >= 0.6 is 23.7 Å². The summed E-state index contributed by atoms with van der Waals surface area (Å²) in [6.07, 6.45) is 3.89. The second-order valence-electron chi connectivity index (χ2n) is 8.05. The molecule has 1 aliphatic heterocycles. The molecule has 2 heterocycles. The number of carbonyl (C=O) groups is 1. The van der Waals surface area contributed by atoms with Gasteiger partial charge in [0, 0.05) is 30.6 Å². The van der Waals surface area contributed by atoms with Crippen molar-refractivity contribution in [2.75, 3.05) is 33.2 Å². The summed E-state index contributed by atoms with van der Waals surface area (Å²) in [7, 11) is 4.62. The smallest absolute Gasteiger partial charge is 0.249 e. The summed E-state index contributed by atoms with van der Waals surface area (Å²) in [5.74, 6) is 1.19. The number of carbonyl (C=O) groups excluding carboxylic acids is 1. The molecular weight excluding hydrogens is 498 g/mol. The van der Waals surface area contributed by atoms with E-state index >= 15 is 0 Å². The summed E-state index contributed by atoms with van der Waals surface area (Å²) in [6, 6.07) is 16.2. The van der Waals surface area contributed by atoms with Gasteiger partial charge >= 0.3 is 0 Å². The van der Waals surface area contributed by atoms with Gasteiger partial charge in [-0.05, 0) is 41.3 Å². The number of benzene rings is 2. The highest BCUT2D eigenvalue weighted by Gasteiger charge is 2.25. The second kappa shape index (κ2) is 12.5. The van der Waals surface area contributed by atoms with E-state index in [1.54, 1.807) is 32.4 Å². The molecule has 188 valence electrons. The van der Waals surface area contributed by atoms with E-state index in [2.05, 4.69) is 28.4 Å². The van der Waals surface area contributed by atoms with E-state index in [1.807, 2.05) is 18.2 Å². The minimum absolute atomic E-state index is 0. The van der Waals surface area contributed by atoms with E-state index in [1.165, 1.54) is 30.1 Å². The predicted molar refractivity (Wildman–Crippen MR) is 144 cm³/mol. The number of thiophene rings is 1. The van der Waals surface area contributed by atoms with E-state index in [-0.39, 0.29) is 18.3 Å². The second-order valence-corrected chi connectivity index (χ2v) is 9.15. The Morgan fingerprint density at radius 2 is 1.83 bits per heavy atom. The Bertz CT molecular complexity index is 1260. The number of rotatable bonds is 8. The zero-order valence-corrected chi connectivity index (χ0v) is 22.0. The first kappa shape index (κ1) is 27.1. The molecule has 0 saturated heterocycles. The minimum atomic E-state index is -0.310. The summed E-state index contributed by atoms with van der Waals surface area (Å²) < 4.78 is 16.1. The van der Waals surface area contributed by atoms with Crippen molar-refractivity contribution in [1.29, 1.82) is 5.26 Å².